The summed E-state index contributed by atoms with van der Waals surface area (Å²) in [6.45, 7) is 8.64. The first-order valence-electron chi connectivity index (χ1n) is 8.18. The summed E-state index contributed by atoms with van der Waals surface area (Å²) < 4.78 is 1.93. The summed E-state index contributed by atoms with van der Waals surface area (Å²) in [5.41, 5.74) is 4.05. The third-order valence-electron chi connectivity index (χ3n) is 4.59. The molecule has 0 unspecified atom stereocenters. The zero-order valence-corrected chi connectivity index (χ0v) is 14.0. The maximum atomic E-state index is 12.7. The van der Waals surface area contributed by atoms with Gasteiger partial charge in [0.05, 0.1) is 17.8 Å². The van der Waals surface area contributed by atoms with E-state index in [9.17, 15) is 4.79 Å². The number of para-hydroxylation sites is 1. The summed E-state index contributed by atoms with van der Waals surface area (Å²) in [4.78, 5) is 14.7. The Morgan fingerprint density at radius 1 is 1.30 bits per heavy atom. The van der Waals surface area contributed by atoms with Crippen LogP contribution in [0.4, 0.5) is 0 Å². The number of piperazine rings is 1. The molecule has 1 amide bonds. The van der Waals surface area contributed by atoms with Gasteiger partial charge in [-0.1, -0.05) is 18.2 Å². The van der Waals surface area contributed by atoms with Gasteiger partial charge in [0.2, 0.25) is 5.91 Å². The van der Waals surface area contributed by atoms with E-state index in [1.54, 1.807) is 0 Å². The number of hydrogen-bond acceptors (Lipinski definition) is 3. The number of benzene rings is 1. The molecule has 122 valence electrons. The fraction of sp³-hybridized carbons (Fsp3) is 0.444. The van der Waals surface area contributed by atoms with E-state index < -0.39 is 0 Å². The van der Waals surface area contributed by atoms with E-state index in [1.807, 2.05) is 53.8 Å². The van der Waals surface area contributed by atoms with Crippen LogP contribution in [0.3, 0.4) is 0 Å². The molecular formula is C18H24N4O. The lowest BCUT2D eigenvalue weighted by atomic mass is 10.1. The van der Waals surface area contributed by atoms with E-state index in [1.165, 1.54) is 0 Å². The van der Waals surface area contributed by atoms with E-state index >= 15 is 0 Å². The fourth-order valence-electron chi connectivity index (χ4n) is 3.22. The Morgan fingerprint density at radius 3 is 2.74 bits per heavy atom. The van der Waals surface area contributed by atoms with Gasteiger partial charge in [-0.05, 0) is 32.9 Å². The highest BCUT2D eigenvalue weighted by Gasteiger charge is 2.25. The van der Waals surface area contributed by atoms with Gasteiger partial charge >= 0.3 is 0 Å². The van der Waals surface area contributed by atoms with Crippen LogP contribution < -0.4 is 5.32 Å². The van der Waals surface area contributed by atoms with Crippen molar-refractivity contribution in [3.63, 3.8) is 0 Å². The molecule has 1 atom stereocenters. The molecular weight excluding hydrogens is 288 g/mol. The van der Waals surface area contributed by atoms with Gasteiger partial charge in [-0.15, -0.1) is 0 Å². The van der Waals surface area contributed by atoms with Gasteiger partial charge in [0.15, 0.2) is 0 Å². The molecule has 2 aromatic rings. The standard InChI is InChI=1S/C18H24N4O/c1-13-12-19-9-10-21(13)18(23)11-17-14(2)20-22(15(17)3)16-7-5-4-6-8-16/h4-8,13,19H,9-12H2,1-3H3/t13-/m1/s1. The Bertz CT molecular complexity index is 693. The van der Waals surface area contributed by atoms with Crippen molar-refractivity contribution in [3.8, 4) is 5.69 Å². The second kappa shape index (κ2) is 6.54. The molecule has 0 saturated carbocycles. The summed E-state index contributed by atoms with van der Waals surface area (Å²) in [5.74, 6) is 0.192. The van der Waals surface area contributed by atoms with Crippen molar-refractivity contribution in [1.82, 2.24) is 20.0 Å². The van der Waals surface area contributed by atoms with Crippen LogP contribution in [-0.4, -0.2) is 46.3 Å². The Hall–Kier alpha value is -2.14. The summed E-state index contributed by atoms with van der Waals surface area (Å²) in [6.07, 6.45) is 0.425. The first-order chi connectivity index (χ1) is 11.1. The average molecular weight is 312 g/mol. The summed E-state index contributed by atoms with van der Waals surface area (Å²) in [7, 11) is 0. The third-order valence-corrected chi connectivity index (χ3v) is 4.59. The zero-order chi connectivity index (χ0) is 16.4. The Kier molecular flexibility index (Phi) is 4.48. The molecule has 0 aliphatic carbocycles. The molecule has 23 heavy (non-hydrogen) atoms. The first kappa shape index (κ1) is 15.7. The highest BCUT2D eigenvalue weighted by Crippen LogP contribution is 2.19. The molecule has 1 aromatic carbocycles. The smallest absolute Gasteiger partial charge is 0.227 e. The van der Waals surface area contributed by atoms with Gasteiger partial charge in [0, 0.05) is 36.9 Å². The number of hydrogen-bond donors (Lipinski definition) is 1. The van der Waals surface area contributed by atoms with Gasteiger partial charge in [0.25, 0.3) is 0 Å². The van der Waals surface area contributed by atoms with Gasteiger partial charge < -0.3 is 10.2 Å². The van der Waals surface area contributed by atoms with Gasteiger partial charge in [0.1, 0.15) is 0 Å². The van der Waals surface area contributed by atoms with Crippen molar-refractivity contribution >= 4 is 5.91 Å². The quantitative estimate of drug-likeness (QED) is 0.941. The predicted molar refractivity (Wildman–Crippen MR) is 90.8 cm³/mol. The molecule has 5 heteroatoms. The van der Waals surface area contributed by atoms with Crippen LogP contribution >= 0.6 is 0 Å². The fourth-order valence-corrected chi connectivity index (χ4v) is 3.22. The minimum absolute atomic E-state index is 0.192. The van der Waals surface area contributed by atoms with Crippen LogP contribution in [0, 0.1) is 13.8 Å². The van der Waals surface area contributed by atoms with Crippen molar-refractivity contribution in [3.05, 3.63) is 47.3 Å². The molecule has 1 aromatic heterocycles. The normalized spacial score (nSPS) is 18.2. The van der Waals surface area contributed by atoms with E-state index in [0.717, 1.165) is 42.3 Å². The molecule has 3 rings (SSSR count). The van der Waals surface area contributed by atoms with Gasteiger partial charge in [-0.25, -0.2) is 4.68 Å². The first-order valence-corrected chi connectivity index (χ1v) is 8.18. The maximum Gasteiger partial charge on any atom is 0.227 e. The van der Waals surface area contributed by atoms with Crippen molar-refractivity contribution in [2.24, 2.45) is 0 Å². The number of amides is 1. The highest BCUT2D eigenvalue weighted by atomic mass is 16.2. The summed E-state index contributed by atoms with van der Waals surface area (Å²) in [6, 6.07) is 10.3. The SMILES string of the molecule is Cc1nn(-c2ccccc2)c(C)c1CC(=O)N1CCNC[C@H]1C. The lowest BCUT2D eigenvalue weighted by molar-refractivity contribution is -0.133. The molecule has 2 heterocycles. The summed E-state index contributed by atoms with van der Waals surface area (Å²) in [5, 5.41) is 7.95. The van der Waals surface area contributed by atoms with Gasteiger partial charge in [-0.2, -0.15) is 5.10 Å². The number of aryl methyl sites for hydroxylation is 1. The Labute approximate surface area is 137 Å². The maximum absolute atomic E-state index is 12.7. The molecule has 1 N–H and O–H groups in total. The average Bonchev–Trinajstić information content (AvgIpc) is 2.84. The molecule has 1 saturated heterocycles. The molecule has 1 aliphatic heterocycles. The number of rotatable bonds is 3. The Morgan fingerprint density at radius 2 is 2.04 bits per heavy atom. The molecule has 0 spiro atoms. The molecule has 5 nitrogen and oxygen atoms in total. The Balaban J connectivity index is 1.83. The van der Waals surface area contributed by atoms with Crippen molar-refractivity contribution < 1.29 is 4.79 Å². The third kappa shape index (κ3) is 3.15. The minimum atomic E-state index is 0.192. The van der Waals surface area contributed by atoms with E-state index in [-0.39, 0.29) is 11.9 Å². The van der Waals surface area contributed by atoms with Crippen LogP contribution in [0.2, 0.25) is 0 Å². The molecule has 0 bridgehead atoms. The molecule has 0 radical (unpaired) electrons. The topological polar surface area (TPSA) is 50.2 Å². The zero-order valence-electron chi connectivity index (χ0n) is 14.0. The largest absolute Gasteiger partial charge is 0.337 e. The van der Waals surface area contributed by atoms with Gasteiger partial charge in [-0.3, -0.25) is 4.79 Å². The number of nitrogens with zero attached hydrogens (tertiary/aromatic N) is 3. The van der Waals surface area contributed by atoms with Crippen LogP contribution in [0.15, 0.2) is 30.3 Å². The van der Waals surface area contributed by atoms with Crippen LogP contribution in [0.1, 0.15) is 23.9 Å². The van der Waals surface area contributed by atoms with Crippen LogP contribution in [0.5, 0.6) is 0 Å². The number of nitrogens with one attached hydrogen (secondary N) is 1. The van der Waals surface area contributed by atoms with E-state index in [2.05, 4.69) is 17.3 Å². The van der Waals surface area contributed by atoms with Crippen LogP contribution in [-0.2, 0) is 11.2 Å². The molecule has 1 fully saturated rings. The second-order valence-electron chi connectivity index (χ2n) is 6.21. The monoisotopic (exact) mass is 312 g/mol. The van der Waals surface area contributed by atoms with E-state index in [4.69, 9.17) is 0 Å². The van der Waals surface area contributed by atoms with Crippen molar-refractivity contribution in [1.29, 1.82) is 0 Å². The van der Waals surface area contributed by atoms with Crippen molar-refractivity contribution in [2.75, 3.05) is 19.6 Å². The molecule has 1 aliphatic rings. The summed E-state index contributed by atoms with van der Waals surface area (Å²) >= 11 is 0. The predicted octanol–water partition coefficient (Wildman–Crippen LogP) is 1.85. The second-order valence-corrected chi connectivity index (χ2v) is 6.21. The van der Waals surface area contributed by atoms with Crippen LogP contribution in [0.25, 0.3) is 5.69 Å². The number of aromatic nitrogens is 2. The van der Waals surface area contributed by atoms with Crippen molar-refractivity contribution in [2.45, 2.75) is 33.2 Å². The lowest BCUT2D eigenvalue weighted by Gasteiger charge is -2.34. The van der Waals surface area contributed by atoms with E-state index in [0.29, 0.717) is 6.42 Å². The number of carbonyl (C=O) groups is 1. The lowest BCUT2D eigenvalue weighted by Crippen LogP contribution is -2.52. The number of carbonyl (C=O) groups excluding carboxylic acids is 1. The highest BCUT2D eigenvalue weighted by molar-refractivity contribution is 5.79. The minimum Gasteiger partial charge on any atom is -0.337 e.